The summed E-state index contributed by atoms with van der Waals surface area (Å²) in [5.41, 5.74) is 1.70. The Balaban J connectivity index is 1.74. The Kier molecular flexibility index (Phi) is 6.53. The highest BCUT2D eigenvalue weighted by atomic mass is 32.2. The molecule has 0 aliphatic carbocycles. The summed E-state index contributed by atoms with van der Waals surface area (Å²) in [7, 11) is 1.56. The molecule has 0 aromatic heterocycles. The van der Waals surface area contributed by atoms with Gasteiger partial charge in [-0.15, -0.1) is 0 Å². The summed E-state index contributed by atoms with van der Waals surface area (Å²) >= 11 is 6.36. The molecule has 0 spiro atoms. The van der Waals surface area contributed by atoms with E-state index in [1.807, 2.05) is 6.07 Å². The van der Waals surface area contributed by atoms with E-state index in [9.17, 15) is 19.5 Å². The van der Waals surface area contributed by atoms with Gasteiger partial charge in [-0.3, -0.25) is 14.5 Å². The Labute approximate surface area is 182 Å². The molecule has 2 aromatic carbocycles. The number of rotatable bonds is 6. The number of carboxylic acids is 1. The third kappa shape index (κ3) is 4.87. The molecule has 0 unspecified atom stereocenters. The predicted octanol–water partition coefficient (Wildman–Crippen LogP) is 3.54. The van der Waals surface area contributed by atoms with Gasteiger partial charge in [0.1, 0.15) is 16.6 Å². The lowest BCUT2D eigenvalue weighted by molar-refractivity contribution is -0.126. The molecule has 154 valence electrons. The smallest absolute Gasteiger partial charge is 0.337 e. The van der Waals surface area contributed by atoms with Crippen LogP contribution in [0.5, 0.6) is 5.75 Å². The number of carbonyl (C=O) groups is 3. The number of aryl methyl sites for hydroxylation is 1. The van der Waals surface area contributed by atoms with Gasteiger partial charge < -0.3 is 15.2 Å². The largest absolute Gasteiger partial charge is 0.497 e. The van der Waals surface area contributed by atoms with Gasteiger partial charge >= 0.3 is 5.97 Å². The number of ether oxygens (including phenoxy) is 1. The van der Waals surface area contributed by atoms with E-state index in [1.165, 1.54) is 11.0 Å². The second-order valence-corrected chi connectivity index (χ2v) is 8.12. The molecule has 2 N–H and O–H groups in total. The number of nitrogens with one attached hydrogen (secondary N) is 1. The van der Waals surface area contributed by atoms with Crippen LogP contribution >= 0.6 is 24.0 Å². The van der Waals surface area contributed by atoms with Crippen molar-refractivity contribution in [3.8, 4) is 5.75 Å². The normalized spacial score (nSPS) is 14.9. The zero-order chi connectivity index (χ0) is 21.8. The van der Waals surface area contributed by atoms with Crippen LogP contribution in [0.1, 0.15) is 21.5 Å². The predicted molar refractivity (Wildman–Crippen MR) is 120 cm³/mol. The van der Waals surface area contributed by atoms with Crippen LogP contribution in [0, 0.1) is 6.92 Å². The molecule has 9 heteroatoms. The fraction of sp³-hybridized carbons (Fsp3) is 0.143. The van der Waals surface area contributed by atoms with E-state index in [1.54, 1.807) is 50.4 Å². The molecule has 3 rings (SSSR count). The number of amides is 2. The Morgan fingerprint density at radius 2 is 2.03 bits per heavy atom. The number of aromatic carboxylic acids is 1. The van der Waals surface area contributed by atoms with Gasteiger partial charge in [0.05, 0.1) is 23.3 Å². The first-order valence-corrected chi connectivity index (χ1v) is 10.0. The molecular weight excluding hydrogens is 424 g/mol. The number of benzene rings is 2. The van der Waals surface area contributed by atoms with E-state index in [-0.39, 0.29) is 28.0 Å². The van der Waals surface area contributed by atoms with Gasteiger partial charge in [0.15, 0.2) is 0 Å². The number of carboxylic acid groups (broad SMARTS) is 1. The van der Waals surface area contributed by atoms with Crippen LogP contribution in [-0.4, -0.2) is 45.8 Å². The van der Waals surface area contributed by atoms with Crippen molar-refractivity contribution in [3.63, 3.8) is 0 Å². The first-order chi connectivity index (χ1) is 14.3. The molecule has 2 amide bonds. The van der Waals surface area contributed by atoms with E-state index in [0.717, 1.165) is 22.9 Å². The molecule has 1 aliphatic rings. The minimum atomic E-state index is -1.16. The van der Waals surface area contributed by atoms with Gasteiger partial charge in [0.2, 0.25) is 5.91 Å². The van der Waals surface area contributed by atoms with Crippen LogP contribution in [0.25, 0.3) is 6.08 Å². The van der Waals surface area contributed by atoms with Crippen molar-refractivity contribution in [2.24, 2.45) is 0 Å². The van der Waals surface area contributed by atoms with Gasteiger partial charge in [0, 0.05) is 0 Å². The van der Waals surface area contributed by atoms with Crippen molar-refractivity contribution in [1.29, 1.82) is 0 Å². The lowest BCUT2D eigenvalue weighted by Crippen LogP contribution is -2.36. The first-order valence-electron chi connectivity index (χ1n) is 8.81. The Hall–Kier alpha value is -3.17. The highest BCUT2D eigenvalue weighted by Crippen LogP contribution is 2.33. The van der Waals surface area contributed by atoms with E-state index in [0.29, 0.717) is 10.7 Å². The van der Waals surface area contributed by atoms with Crippen LogP contribution in [0.4, 0.5) is 5.69 Å². The van der Waals surface area contributed by atoms with Gasteiger partial charge in [0.25, 0.3) is 5.91 Å². The number of nitrogens with zero attached hydrogens (tertiary/aromatic N) is 1. The third-order valence-electron chi connectivity index (χ3n) is 4.25. The zero-order valence-corrected chi connectivity index (χ0v) is 17.8. The maximum Gasteiger partial charge on any atom is 0.337 e. The van der Waals surface area contributed by atoms with Gasteiger partial charge in [-0.05, 0) is 48.4 Å². The average molecular weight is 443 g/mol. The number of anilines is 1. The Morgan fingerprint density at radius 3 is 2.73 bits per heavy atom. The number of thiocarbonyl (C=S) groups is 1. The second kappa shape index (κ2) is 9.10. The molecular formula is C21H18N2O5S2. The van der Waals surface area contributed by atoms with E-state index >= 15 is 0 Å². The third-order valence-corrected chi connectivity index (χ3v) is 5.62. The SMILES string of the molecule is COc1cccc(/C=C2\SC(=S)N(CC(=O)Nc3cc(C)ccc3C(=O)O)C2=O)c1. The van der Waals surface area contributed by atoms with Gasteiger partial charge in [-0.2, -0.15) is 0 Å². The molecule has 0 saturated carbocycles. The minimum Gasteiger partial charge on any atom is -0.497 e. The monoisotopic (exact) mass is 442 g/mol. The average Bonchev–Trinajstić information content (AvgIpc) is 2.95. The molecule has 0 bridgehead atoms. The van der Waals surface area contributed by atoms with Crippen molar-refractivity contribution in [2.45, 2.75) is 6.92 Å². The topological polar surface area (TPSA) is 95.9 Å². The fourth-order valence-corrected chi connectivity index (χ4v) is 4.06. The van der Waals surface area contributed by atoms with Crippen molar-refractivity contribution in [2.75, 3.05) is 19.0 Å². The molecule has 1 heterocycles. The molecule has 7 nitrogen and oxygen atoms in total. The maximum atomic E-state index is 12.7. The van der Waals surface area contributed by atoms with Crippen LogP contribution < -0.4 is 10.1 Å². The summed E-state index contributed by atoms with van der Waals surface area (Å²) < 4.78 is 5.44. The molecule has 0 atom stereocenters. The molecule has 1 saturated heterocycles. The highest BCUT2D eigenvalue weighted by molar-refractivity contribution is 8.26. The van der Waals surface area contributed by atoms with Crippen molar-refractivity contribution >= 4 is 57.8 Å². The number of carbonyl (C=O) groups excluding carboxylic acids is 2. The maximum absolute atomic E-state index is 12.7. The first kappa shape index (κ1) is 21.5. The van der Waals surface area contributed by atoms with E-state index < -0.39 is 11.9 Å². The molecule has 1 fully saturated rings. The standard InChI is InChI=1S/C21H18N2O5S2/c1-12-6-7-15(20(26)27)16(8-12)22-18(24)11-23-19(25)17(30-21(23)29)10-13-4-3-5-14(9-13)28-2/h3-10H,11H2,1-2H3,(H,22,24)(H,26,27)/b17-10-. The van der Waals surface area contributed by atoms with Crippen LogP contribution in [0.3, 0.4) is 0 Å². The molecule has 2 aromatic rings. The fourth-order valence-electron chi connectivity index (χ4n) is 2.80. The van der Waals surface area contributed by atoms with Crippen LogP contribution in [0.15, 0.2) is 47.4 Å². The van der Waals surface area contributed by atoms with E-state index in [4.69, 9.17) is 17.0 Å². The number of methoxy groups -OCH3 is 1. The molecule has 30 heavy (non-hydrogen) atoms. The van der Waals surface area contributed by atoms with Crippen LogP contribution in [0.2, 0.25) is 0 Å². The molecule has 0 radical (unpaired) electrons. The quantitative estimate of drug-likeness (QED) is 0.522. The molecule has 1 aliphatic heterocycles. The summed E-state index contributed by atoms with van der Waals surface area (Å²) in [4.78, 5) is 38.2. The van der Waals surface area contributed by atoms with Crippen molar-refractivity contribution < 1.29 is 24.2 Å². The summed E-state index contributed by atoms with van der Waals surface area (Å²) in [5, 5.41) is 11.9. The lowest BCUT2D eigenvalue weighted by Gasteiger charge is -2.15. The van der Waals surface area contributed by atoms with E-state index in [2.05, 4.69) is 5.32 Å². The Morgan fingerprint density at radius 1 is 1.27 bits per heavy atom. The number of hydrogen-bond donors (Lipinski definition) is 2. The van der Waals surface area contributed by atoms with Crippen LogP contribution in [-0.2, 0) is 9.59 Å². The number of thioether (sulfide) groups is 1. The summed E-state index contributed by atoms with van der Waals surface area (Å²) in [6, 6.07) is 11.8. The summed E-state index contributed by atoms with van der Waals surface area (Å²) in [6.07, 6.45) is 1.68. The van der Waals surface area contributed by atoms with Gasteiger partial charge in [-0.25, -0.2) is 4.79 Å². The lowest BCUT2D eigenvalue weighted by atomic mass is 10.1. The summed E-state index contributed by atoms with van der Waals surface area (Å²) in [5.74, 6) is -1.42. The number of hydrogen-bond acceptors (Lipinski definition) is 6. The minimum absolute atomic E-state index is 0.0303. The second-order valence-electron chi connectivity index (χ2n) is 6.45. The van der Waals surface area contributed by atoms with Crippen molar-refractivity contribution in [3.05, 3.63) is 64.1 Å². The van der Waals surface area contributed by atoms with Gasteiger partial charge in [-0.1, -0.05) is 42.2 Å². The summed E-state index contributed by atoms with van der Waals surface area (Å²) in [6.45, 7) is 1.47. The Bertz CT molecular complexity index is 1080. The highest BCUT2D eigenvalue weighted by Gasteiger charge is 2.33. The van der Waals surface area contributed by atoms with Crippen molar-refractivity contribution in [1.82, 2.24) is 4.90 Å². The zero-order valence-electron chi connectivity index (χ0n) is 16.2.